The van der Waals surface area contributed by atoms with E-state index in [4.69, 9.17) is 4.74 Å². The molecule has 3 rings (SSSR count). The Kier molecular flexibility index (Phi) is 5.78. The molecule has 0 amide bonds. The number of ether oxygens (including phenoxy) is 1. The number of rotatable bonds is 7. The fourth-order valence-electron chi connectivity index (χ4n) is 5.22. The maximum atomic E-state index is 14.6. The SMILES string of the molecule is CCCCCC1CCC2C(c3ccc(OCC)c(F)c3F)CCC12. The van der Waals surface area contributed by atoms with Crippen molar-refractivity contribution in [3.63, 3.8) is 0 Å². The number of hydrogen-bond donors (Lipinski definition) is 0. The smallest absolute Gasteiger partial charge is 0.200 e. The second-order valence-electron chi connectivity index (χ2n) is 7.56. The van der Waals surface area contributed by atoms with Crippen LogP contribution in [0.3, 0.4) is 0 Å². The molecule has 1 nitrogen and oxygen atoms in total. The van der Waals surface area contributed by atoms with Gasteiger partial charge in [-0.1, -0.05) is 38.7 Å². The molecule has 2 aliphatic rings. The lowest BCUT2D eigenvalue weighted by Crippen LogP contribution is -2.14. The van der Waals surface area contributed by atoms with Crippen LogP contribution < -0.4 is 4.74 Å². The third kappa shape index (κ3) is 3.32. The zero-order valence-corrected chi connectivity index (χ0v) is 15.0. The molecular weight excluding hydrogens is 306 g/mol. The van der Waals surface area contributed by atoms with Gasteiger partial charge in [0.1, 0.15) is 0 Å². The predicted molar refractivity (Wildman–Crippen MR) is 93.3 cm³/mol. The summed E-state index contributed by atoms with van der Waals surface area (Å²) in [6.07, 6.45) is 9.86. The second kappa shape index (κ2) is 7.84. The molecule has 2 aliphatic carbocycles. The fourth-order valence-corrected chi connectivity index (χ4v) is 5.22. The van der Waals surface area contributed by atoms with E-state index in [0.29, 0.717) is 18.1 Å². The Hall–Kier alpha value is -1.12. The Bertz CT molecular complexity index is 557. The van der Waals surface area contributed by atoms with E-state index < -0.39 is 11.6 Å². The lowest BCUT2D eigenvalue weighted by Gasteiger charge is -2.22. The molecule has 1 aromatic rings. The van der Waals surface area contributed by atoms with E-state index in [1.807, 2.05) is 0 Å². The normalized spacial score (nSPS) is 29.0. The van der Waals surface area contributed by atoms with Crippen molar-refractivity contribution in [2.45, 2.75) is 71.1 Å². The summed E-state index contributed by atoms with van der Waals surface area (Å²) in [6.45, 7) is 4.37. The third-order valence-corrected chi connectivity index (χ3v) is 6.31. The molecule has 0 bridgehead atoms. The van der Waals surface area contributed by atoms with E-state index in [-0.39, 0.29) is 11.7 Å². The number of unbranched alkanes of at least 4 members (excludes halogenated alkanes) is 2. The summed E-state index contributed by atoms with van der Waals surface area (Å²) in [4.78, 5) is 0. The predicted octanol–water partition coefficient (Wildman–Crippen LogP) is 6.46. The average Bonchev–Trinajstić information content (AvgIpc) is 3.16. The molecule has 0 aromatic heterocycles. The van der Waals surface area contributed by atoms with E-state index in [1.165, 1.54) is 44.9 Å². The highest BCUT2D eigenvalue weighted by Crippen LogP contribution is 2.56. The maximum Gasteiger partial charge on any atom is 0.200 e. The van der Waals surface area contributed by atoms with Gasteiger partial charge in [0.05, 0.1) is 6.61 Å². The van der Waals surface area contributed by atoms with Gasteiger partial charge in [-0.05, 0) is 67.9 Å². The van der Waals surface area contributed by atoms with Gasteiger partial charge in [-0.2, -0.15) is 4.39 Å². The molecule has 134 valence electrons. The Morgan fingerprint density at radius 3 is 2.50 bits per heavy atom. The van der Waals surface area contributed by atoms with Crippen molar-refractivity contribution >= 4 is 0 Å². The van der Waals surface area contributed by atoms with Gasteiger partial charge in [-0.15, -0.1) is 0 Å². The van der Waals surface area contributed by atoms with Crippen LogP contribution in [0, 0.1) is 29.4 Å². The van der Waals surface area contributed by atoms with Crippen LogP contribution in [0.25, 0.3) is 0 Å². The highest BCUT2D eigenvalue weighted by molar-refractivity contribution is 5.34. The Morgan fingerprint density at radius 1 is 0.958 bits per heavy atom. The monoisotopic (exact) mass is 336 g/mol. The van der Waals surface area contributed by atoms with Crippen LogP contribution >= 0.6 is 0 Å². The molecule has 0 radical (unpaired) electrons. The summed E-state index contributed by atoms with van der Waals surface area (Å²) < 4.78 is 34.0. The lowest BCUT2D eigenvalue weighted by atomic mass is 9.83. The van der Waals surface area contributed by atoms with Gasteiger partial charge in [0.2, 0.25) is 5.82 Å². The Labute approximate surface area is 144 Å². The summed E-state index contributed by atoms with van der Waals surface area (Å²) >= 11 is 0. The van der Waals surface area contributed by atoms with E-state index in [0.717, 1.165) is 18.3 Å². The molecule has 0 saturated heterocycles. The van der Waals surface area contributed by atoms with Crippen LogP contribution in [0.2, 0.25) is 0 Å². The van der Waals surface area contributed by atoms with Crippen LogP contribution in [-0.2, 0) is 0 Å². The molecular formula is C21H30F2O. The summed E-state index contributed by atoms with van der Waals surface area (Å²) in [5, 5.41) is 0. The minimum atomic E-state index is -0.810. The first kappa shape index (κ1) is 17.7. The van der Waals surface area contributed by atoms with Crippen molar-refractivity contribution in [1.82, 2.24) is 0 Å². The largest absolute Gasteiger partial charge is 0.491 e. The van der Waals surface area contributed by atoms with Gasteiger partial charge in [-0.3, -0.25) is 0 Å². The summed E-state index contributed by atoms with van der Waals surface area (Å²) in [6, 6.07) is 3.37. The number of benzene rings is 1. The average molecular weight is 336 g/mol. The number of fused-ring (bicyclic) bond motifs is 1. The zero-order chi connectivity index (χ0) is 17.1. The molecule has 4 unspecified atom stereocenters. The molecule has 0 heterocycles. The fraction of sp³-hybridized carbons (Fsp3) is 0.714. The molecule has 1 aromatic carbocycles. The molecule has 2 saturated carbocycles. The first-order chi connectivity index (χ1) is 11.7. The minimum Gasteiger partial charge on any atom is -0.491 e. The van der Waals surface area contributed by atoms with Crippen molar-refractivity contribution in [1.29, 1.82) is 0 Å². The standard InChI is InChI=1S/C21H30F2O/c1-3-5-6-7-14-8-9-16-15(14)10-11-17(16)18-12-13-19(24-4-2)21(23)20(18)22/h12-17H,3-11H2,1-2H3. The maximum absolute atomic E-state index is 14.6. The van der Waals surface area contributed by atoms with Crippen LogP contribution in [0.15, 0.2) is 12.1 Å². The van der Waals surface area contributed by atoms with Crippen LogP contribution in [0.1, 0.15) is 76.7 Å². The minimum absolute atomic E-state index is 0.0390. The van der Waals surface area contributed by atoms with Gasteiger partial charge in [0.25, 0.3) is 0 Å². The van der Waals surface area contributed by atoms with Crippen LogP contribution in [0.4, 0.5) is 8.78 Å². The van der Waals surface area contributed by atoms with Crippen LogP contribution in [0.5, 0.6) is 5.75 Å². The third-order valence-electron chi connectivity index (χ3n) is 6.31. The van der Waals surface area contributed by atoms with Crippen molar-refractivity contribution in [2.75, 3.05) is 6.61 Å². The Morgan fingerprint density at radius 2 is 1.75 bits per heavy atom. The topological polar surface area (TPSA) is 9.23 Å². The highest BCUT2D eigenvalue weighted by Gasteiger charge is 2.45. The van der Waals surface area contributed by atoms with E-state index in [1.54, 1.807) is 19.1 Å². The zero-order valence-electron chi connectivity index (χ0n) is 15.0. The van der Waals surface area contributed by atoms with Crippen LogP contribution in [-0.4, -0.2) is 6.61 Å². The second-order valence-corrected chi connectivity index (χ2v) is 7.56. The van der Waals surface area contributed by atoms with Gasteiger partial charge in [-0.25, -0.2) is 4.39 Å². The Balaban J connectivity index is 1.72. The van der Waals surface area contributed by atoms with Gasteiger partial charge >= 0.3 is 0 Å². The lowest BCUT2D eigenvalue weighted by molar-refractivity contribution is 0.307. The first-order valence-corrected chi connectivity index (χ1v) is 9.78. The molecule has 0 spiro atoms. The highest BCUT2D eigenvalue weighted by atomic mass is 19.2. The van der Waals surface area contributed by atoms with Crippen molar-refractivity contribution < 1.29 is 13.5 Å². The van der Waals surface area contributed by atoms with Crippen molar-refractivity contribution in [2.24, 2.45) is 17.8 Å². The van der Waals surface area contributed by atoms with Gasteiger partial charge in [0.15, 0.2) is 11.6 Å². The number of halogens is 2. The van der Waals surface area contributed by atoms with Crippen molar-refractivity contribution in [3.8, 4) is 5.75 Å². The number of hydrogen-bond acceptors (Lipinski definition) is 1. The molecule has 4 atom stereocenters. The van der Waals surface area contributed by atoms with E-state index >= 15 is 0 Å². The van der Waals surface area contributed by atoms with E-state index in [9.17, 15) is 8.78 Å². The van der Waals surface area contributed by atoms with Crippen molar-refractivity contribution in [3.05, 3.63) is 29.3 Å². The summed E-state index contributed by atoms with van der Waals surface area (Å²) in [5.74, 6) is 0.816. The summed E-state index contributed by atoms with van der Waals surface area (Å²) in [5.41, 5.74) is 0.581. The van der Waals surface area contributed by atoms with Gasteiger partial charge < -0.3 is 4.74 Å². The van der Waals surface area contributed by atoms with E-state index in [2.05, 4.69) is 6.92 Å². The molecule has 24 heavy (non-hydrogen) atoms. The molecule has 0 N–H and O–H groups in total. The quantitative estimate of drug-likeness (QED) is 0.519. The van der Waals surface area contributed by atoms with Gasteiger partial charge in [0, 0.05) is 0 Å². The first-order valence-electron chi connectivity index (χ1n) is 9.78. The molecule has 0 aliphatic heterocycles. The summed E-state index contributed by atoms with van der Waals surface area (Å²) in [7, 11) is 0. The molecule has 2 fully saturated rings. The molecule has 3 heteroatoms.